The molecule has 3 N–H and O–H groups in total. The van der Waals surface area contributed by atoms with Crippen LogP contribution in [-0.4, -0.2) is 65.0 Å². The largest absolute Gasteiger partial charge is 0.392 e. The Kier molecular flexibility index (Phi) is 4.99. The lowest BCUT2D eigenvalue weighted by Crippen LogP contribution is -2.61. The summed E-state index contributed by atoms with van der Waals surface area (Å²) in [4.78, 5) is 17.3. The smallest absolute Gasteiger partial charge is 0.237 e. The van der Waals surface area contributed by atoms with Gasteiger partial charge in [0.1, 0.15) is 0 Å². The van der Waals surface area contributed by atoms with Gasteiger partial charge in [-0.25, -0.2) is 0 Å². The second-order valence-electron chi connectivity index (χ2n) is 6.25. The molecule has 0 bridgehead atoms. The van der Waals surface area contributed by atoms with E-state index in [4.69, 9.17) is 18.0 Å². The number of hydrogen-bond donors (Lipinski definition) is 2. The molecule has 2 heterocycles. The van der Waals surface area contributed by atoms with E-state index in [9.17, 15) is 4.79 Å². The van der Waals surface area contributed by atoms with Crippen molar-refractivity contribution in [1.29, 1.82) is 0 Å². The topological polar surface area (TPSA) is 61.6 Å². The number of carbonyl (C=O) groups is 1. The summed E-state index contributed by atoms with van der Waals surface area (Å²) in [6.07, 6.45) is 3.20. The molecule has 0 aromatic carbocycles. The molecule has 2 rings (SSSR count). The lowest BCUT2D eigenvalue weighted by molar-refractivity contribution is -0.127. The molecule has 0 aliphatic carbocycles. The average Bonchev–Trinajstić information content (AvgIpc) is 2.63. The second kappa shape index (κ2) is 6.37. The van der Waals surface area contributed by atoms with Crippen molar-refractivity contribution in [2.24, 2.45) is 5.73 Å². The number of piperazine rings is 1. The first-order valence-corrected chi connectivity index (χ1v) is 7.90. The highest BCUT2D eigenvalue weighted by Crippen LogP contribution is 2.20. The van der Waals surface area contributed by atoms with Crippen LogP contribution in [0.4, 0.5) is 0 Å². The van der Waals surface area contributed by atoms with E-state index in [0.29, 0.717) is 4.99 Å². The van der Waals surface area contributed by atoms with E-state index in [-0.39, 0.29) is 17.5 Å². The van der Waals surface area contributed by atoms with E-state index >= 15 is 0 Å². The van der Waals surface area contributed by atoms with Crippen LogP contribution in [0.2, 0.25) is 0 Å². The minimum absolute atomic E-state index is 0.0487. The fourth-order valence-corrected chi connectivity index (χ4v) is 3.15. The van der Waals surface area contributed by atoms with Crippen molar-refractivity contribution in [2.45, 2.75) is 44.7 Å². The maximum absolute atomic E-state index is 12.1. The maximum Gasteiger partial charge on any atom is 0.237 e. The minimum atomic E-state index is -0.243. The summed E-state index contributed by atoms with van der Waals surface area (Å²) in [5.74, 6) is 0.199. The summed E-state index contributed by atoms with van der Waals surface area (Å²) < 4.78 is 0. The summed E-state index contributed by atoms with van der Waals surface area (Å²) in [7, 11) is 0. The molecule has 1 unspecified atom stereocenters. The number of rotatable bonds is 3. The number of thiocarbonyl (C=S) groups is 1. The quantitative estimate of drug-likeness (QED) is 0.736. The zero-order valence-corrected chi connectivity index (χ0v) is 13.3. The van der Waals surface area contributed by atoms with Crippen LogP contribution in [-0.2, 0) is 4.79 Å². The first kappa shape index (κ1) is 15.7. The van der Waals surface area contributed by atoms with Crippen molar-refractivity contribution < 1.29 is 4.79 Å². The van der Waals surface area contributed by atoms with E-state index in [1.807, 2.05) is 0 Å². The number of nitrogens with zero attached hydrogens (tertiary/aromatic N) is 2. The van der Waals surface area contributed by atoms with Crippen molar-refractivity contribution in [1.82, 2.24) is 15.1 Å². The third-order valence-electron chi connectivity index (χ3n) is 4.65. The lowest BCUT2D eigenvalue weighted by Gasteiger charge is -2.45. The molecule has 0 saturated carbocycles. The van der Waals surface area contributed by atoms with Crippen LogP contribution in [0.3, 0.4) is 0 Å². The van der Waals surface area contributed by atoms with Gasteiger partial charge in [0.2, 0.25) is 5.91 Å². The molecule has 5 nitrogen and oxygen atoms in total. The summed E-state index contributed by atoms with van der Waals surface area (Å²) in [5.41, 5.74) is 5.59. The predicted octanol–water partition coefficient (Wildman–Crippen LogP) is 0.337. The Labute approximate surface area is 126 Å². The number of nitrogens with two attached hydrogens (primary N) is 1. The normalized spacial score (nSPS) is 26.9. The number of amides is 1. The van der Waals surface area contributed by atoms with Crippen molar-refractivity contribution in [3.8, 4) is 0 Å². The monoisotopic (exact) mass is 298 g/mol. The van der Waals surface area contributed by atoms with Crippen LogP contribution in [0.15, 0.2) is 0 Å². The van der Waals surface area contributed by atoms with Crippen LogP contribution in [0.25, 0.3) is 0 Å². The van der Waals surface area contributed by atoms with E-state index < -0.39 is 0 Å². The molecule has 2 saturated heterocycles. The van der Waals surface area contributed by atoms with Gasteiger partial charge in [0.05, 0.1) is 16.6 Å². The summed E-state index contributed by atoms with van der Waals surface area (Å²) >= 11 is 5.16. The highest BCUT2D eigenvalue weighted by molar-refractivity contribution is 7.80. The third kappa shape index (κ3) is 3.30. The molecular formula is C14H26N4OS. The fraction of sp³-hybridized carbons (Fsp3) is 0.857. The number of hydrogen-bond acceptors (Lipinski definition) is 4. The minimum Gasteiger partial charge on any atom is -0.392 e. The molecule has 6 heteroatoms. The van der Waals surface area contributed by atoms with Gasteiger partial charge >= 0.3 is 0 Å². The van der Waals surface area contributed by atoms with Crippen LogP contribution in [0.5, 0.6) is 0 Å². The van der Waals surface area contributed by atoms with Crippen molar-refractivity contribution in [3.05, 3.63) is 0 Å². The van der Waals surface area contributed by atoms with Crippen LogP contribution < -0.4 is 11.1 Å². The first-order valence-electron chi connectivity index (χ1n) is 7.49. The van der Waals surface area contributed by atoms with Crippen molar-refractivity contribution in [2.75, 3.05) is 32.7 Å². The average molecular weight is 298 g/mol. The van der Waals surface area contributed by atoms with Gasteiger partial charge in [-0.05, 0) is 33.1 Å². The zero-order chi connectivity index (χ0) is 14.8. The molecule has 20 heavy (non-hydrogen) atoms. The molecule has 2 aliphatic heterocycles. The van der Waals surface area contributed by atoms with Crippen LogP contribution in [0, 0.1) is 0 Å². The SMILES string of the molecule is CC(C)(C(N)=S)N1CCN(C2CCCCNC2=O)CC1. The molecule has 1 atom stereocenters. The van der Waals surface area contributed by atoms with Crippen LogP contribution >= 0.6 is 12.2 Å². The zero-order valence-electron chi connectivity index (χ0n) is 12.5. The maximum atomic E-state index is 12.1. The standard InChI is InChI=1S/C14H26N4OS/c1-14(2,13(15)20)18-9-7-17(8-10-18)11-5-3-4-6-16-12(11)19/h11H,3-10H2,1-2H3,(H2,15,20)(H,16,19). The van der Waals surface area contributed by atoms with Crippen LogP contribution in [0.1, 0.15) is 33.1 Å². The van der Waals surface area contributed by atoms with E-state index in [1.54, 1.807) is 0 Å². The van der Waals surface area contributed by atoms with E-state index in [1.165, 1.54) is 0 Å². The van der Waals surface area contributed by atoms with Crippen molar-refractivity contribution >= 4 is 23.1 Å². The molecule has 2 fully saturated rings. The Balaban J connectivity index is 1.93. The molecular weight excluding hydrogens is 272 g/mol. The summed E-state index contributed by atoms with van der Waals surface area (Å²) in [6.45, 7) is 8.60. The Morgan fingerprint density at radius 1 is 1.30 bits per heavy atom. The fourth-order valence-electron chi connectivity index (χ4n) is 3.02. The number of nitrogens with one attached hydrogen (secondary N) is 1. The van der Waals surface area contributed by atoms with Gasteiger partial charge in [0.25, 0.3) is 0 Å². The van der Waals surface area contributed by atoms with Gasteiger partial charge < -0.3 is 11.1 Å². The predicted molar refractivity (Wildman–Crippen MR) is 84.7 cm³/mol. The van der Waals surface area contributed by atoms with E-state index in [0.717, 1.165) is 52.0 Å². The summed E-state index contributed by atoms with van der Waals surface area (Å²) in [6, 6.07) is 0.0487. The van der Waals surface area contributed by atoms with Gasteiger partial charge in [-0.2, -0.15) is 0 Å². The molecule has 0 radical (unpaired) electrons. The molecule has 2 aliphatic rings. The van der Waals surface area contributed by atoms with Crippen molar-refractivity contribution in [3.63, 3.8) is 0 Å². The van der Waals surface area contributed by atoms with Gasteiger partial charge in [0.15, 0.2) is 0 Å². The summed E-state index contributed by atoms with van der Waals surface area (Å²) in [5, 5.41) is 3.02. The lowest BCUT2D eigenvalue weighted by atomic mass is 10.0. The molecule has 114 valence electrons. The highest BCUT2D eigenvalue weighted by Gasteiger charge is 2.35. The molecule has 0 spiro atoms. The van der Waals surface area contributed by atoms with E-state index in [2.05, 4.69) is 29.0 Å². The van der Waals surface area contributed by atoms with Gasteiger partial charge in [-0.15, -0.1) is 0 Å². The first-order chi connectivity index (χ1) is 9.43. The Bertz CT molecular complexity index is 377. The Hall–Kier alpha value is -0.720. The molecule has 1 amide bonds. The number of carbonyl (C=O) groups excluding carboxylic acids is 1. The second-order valence-corrected chi connectivity index (χ2v) is 6.69. The Morgan fingerprint density at radius 2 is 1.95 bits per heavy atom. The molecule has 0 aromatic rings. The van der Waals surface area contributed by atoms with Gasteiger partial charge in [0, 0.05) is 32.7 Å². The highest BCUT2D eigenvalue weighted by atomic mass is 32.1. The Morgan fingerprint density at radius 3 is 2.55 bits per heavy atom. The van der Waals surface area contributed by atoms with Gasteiger partial charge in [-0.1, -0.05) is 12.2 Å². The van der Waals surface area contributed by atoms with Gasteiger partial charge in [-0.3, -0.25) is 14.6 Å². The molecule has 0 aromatic heterocycles. The third-order valence-corrected chi connectivity index (χ3v) is 5.15.